The molecule has 0 aliphatic carbocycles. The number of carbonyl (C=O) groups is 2. The molecule has 1 amide bonds. The van der Waals surface area contributed by atoms with Crippen LogP contribution < -0.4 is 5.32 Å². The van der Waals surface area contributed by atoms with Gasteiger partial charge in [0.1, 0.15) is 0 Å². The lowest BCUT2D eigenvalue weighted by molar-refractivity contribution is -0.384. The van der Waals surface area contributed by atoms with Crippen molar-refractivity contribution in [2.75, 3.05) is 25.0 Å². The summed E-state index contributed by atoms with van der Waals surface area (Å²) in [6.45, 7) is 0.508. The van der Waals surface area contributed by atoms with Crippen molar-refractivity contribution in [1.82, 2.24) is 4.31 Å². The van der Waals surface area contributed by atoms with Crippen molar-refractivity contribution in [3.8, 4) is 0 Å². The van der Waals surface area contributed by atoms with Gasteiger partial charge in [-0.25, -0.2) is 13.2 Å². The fourth-order valence-corrected chi connectivity index (χ4v) is 4.91. The zero-order valence-corrected chi connectivity index (χ0v) is 19.2. The molecule has 10 nitrogen and oxygen atoms in total. The zero-order valence-electron chi connectivity index (χ0n) is 18.4. The van der Waals surface area contributed by atoms with Crippen LogP contribution in [0, 0.1) is 10.1 Å². The summed E-state index contributed by atoms with van der Waals surface area (Å²) in [4.78, 5) is 34.1. The number of esters is 1. The van der Waals surface area contributed by atoms with Crippen molar-refractivity contribution in [3.63, 3.8) is 0 Å². The lowest BCUT2D eigenvalue weighted by Crippen LogP contribution is -2.31. The number of ether oxygens (including phenoxy) is 1. The average molecular weight is 488 g/mol. The average Bonchev–Trinajstić information content (AvgIpc) is 3.12. The van der Waals surface area contributed by atoms with Gasteiger partial charge in [-0.15, -0.1) is 0 Å². The van der Waals surface area contributed by atoms with Crippen molar-refractivity contribution in [2.24, 2.45) is 0 Å². The van der Waals surface area contributed by atoms with Crippen LogP contribution in [-0.4, -0.2) is 49.2 Å². The van der Waals surface area contributed by atoms with Gasteiger partial charge in [-0.1, -0.05) is 25.0 Å². The van der Waals surface area contributed by atoms with Crippen LogP contribution in [0.5, 0.6) is 0 Å². The predicted molar refractivity (Wildman–Crippen MR) is 125 cm³/mol. The molecule has 1 aliphatic rings. The molecule has 1 fully saturated rings. The molecule has 34 heavy (non-hydrogen) atoms. The molecule has 1 heterocycles. The SMILES string of the molecule is O=C(COC(=O)/C=C/c1ccc(S(=O)(=O)N2CCCCCC2)cc1)Nc1ccc([N+](=O)[O-])cc1. The van der Waals surface area contributed by atoms with E-state index in [0.29, 0.717) is 24.3 Å². The number of hydrogen-bond acceptors (Lipinski definition) is 7. The number of amides is 1. The van der Waals surface area contributed by atoms with Crippen LogP contribution in [0.1, 0.15) is 31.2 Å². The standard InChI is InChI=1S/C23H25N3O7S/c27-22(24-19-8-10-20(11-9-19)26(29)30)17-33-23(28)14-7-18-5-12-21(13-6-18)34(31,32)25-15-3-1-2-4-16-25/h5-14H,1-4,15-17H2,(H,24,27)/b14-7+. The number of nitrogens with zero attached hydrogens (tertiary/aromatic N) is 2. The van der Waals surface area contributed by atoms with Crippen molar-refractivity contribution in [1.29, 1.82) is 0 Å². The number of non-ortho nitro benzene ring substituents is 1. The third-order valence-corrected chi connectivity index (χ3v) is 7.12. The number of rotatable bonds is 8. The first-order chi connectivity index (χ1) is 16.3. The monoisotopic (exact) mass is 487 g/mol. The Labute approximate surface area is 197 Å². The zero-order chi connectivity index (χ0) is 24.6. The third kappa shape index (κ3) is 6.96. The second-order valence-corrected chi connectivity index (χ2v) is 9.62. The van der Waals surface area contributed by atoms with Gasteiger partial charge in [0.25, 0.3) is 11.6 Å². The normalized spacial score (nSPS) is 14.9. The summed E-state index contributed by atoms with van der Waals surface area (Å²) in [6, 6.07) is 11.4. The Morgan fingerprint density at radius 1 is 1.00 bits per heavy atom. The van der Waals surface area contributed by atoms with Crippen molar-refractivity contribution in [2.45, 2.75) is 30.6 Å². The highest BCUT2D eigenvalue weighted by Crippen LogP contribution is 2.21. The maximum absolute atomic E-state index is 12.8. The van der Waals surface area contributed by atoms with E-state index in [9.17, 15) is 28.1 Å². The van der Waals surface area contributed by atoms with E-state index in [4.69, 9.17) is 4.74 Å². The molecule has 0 bridgehead atoms. The Balaban J connectivity index is 1.49. The topological polar surface area (TPSA) is 136 Å². The van der Waals surface area contributed by atoms with E-state index in [2.05, 4.69) is 5.32 Å². The maximum atomic E-state index is 12.8. The number of nitro groups is 1. The van der Waals surface area contributed by atoms with Gasteiger partial charge in [-0.2, -0.15) is 4.31 Å². The number of nitrogens with one attached hydrogen (secondary N) is 1. The summed E-state index contributed by atoms with van der Waals surface area (Å²) in [5.41, 5.74) is 0.821. The first-order valence-electron chi connectivity index (χ1n) is 10.7. The molecule has 1 aliphatic heterocycles. The number of anilines is 1. The Morgan fingerprint density at radius 3 is 2.21 bits per heavy atom. The van der Waals surface area contributed by atoms with Gasteiger partial charge in [-0.3, -0.25) is 14.9 Å². The van der Waals surface area contributed by atoms with E-state index in [-0.39, 0.29) is 10.6 Å². The number of carbonyl (C=O) groups excluding carboxylic acids is 2. The summed E-state index contributed by atoms with van der Waals surface area (Å²) < 4.78 is 32.0. The van der Waals surface area contributed by atoms with Gasteiger partial charge < -0.3 is 10.1 Å². The molecule has 3 rings (SSSR count). The lowest BCUT2D eigenvalue weighted by atomic mass is 10.2. The minimum atomic E-state index is -3.54. The summed E-state index contributed by atoms with van der Waals surface area (Å²) in [5, 5.41) is 13.1. The summed E-state index contributed by atoms with van der Waals surface area (Å²) in [5.74, 6) is -1.35. The van der Waals surface area contributed by atoms with Crippen LogP contribution >= 0.6 is 0 Å². The second-order valence-electron chi connectivity index (χ2n) is 7.68. The minimum Gasteiger partial charge on any atom is -0.452 e. The number of sulfonamides is 1. The van der Waals surface area contributed by atoms with Crippen LogP contribution in [0.15, 0.2) is 59.5 Å². The molecule has 0 atom stereocenters. The molecule has 0 radical (unpaired) electrons. The highest BCUT2D eigenvalue weighted by molar-refractivity contribution is 7.89. The Kier molecular flexibility index (Phi) is 8.50. The van der Waals surface area contributed by atoms with Crippen molar-refractivity contribution in [3.05, 3.63) is 70.3 Å². The Bertz CT molecular complexity index is 1150. The van der Waals surface area contributed by atoms with Gasteiger partial charge in [0.05, 0.1) is 9.82 Å². The van der Waals surface area contributed by atoms with Gasteiger partial charge in [0.15, 0.2) is 6.61 Å². The molecule has 2 aromatic rings. The molecule has 180 valence electrons. The molecular weight excluding hydrogens is 462 g/mol. The Morgan fingerprint density at radius 2 is 1.62 bits per heavy atom. The number of nitro benzene ring substituents is 1. The van der Waals surface area contributed by atoms with Crippen LogP contribution in [0.4, 0.5) is 11.4 Å². The predicted octanol–water partition coefficient (Wildman–Crippen LogP) is 3.35. The van der Waals surface area contributed by atoms with Crippen LogP contribution in [-0.2, 0) is 24.3 Å². The molecule has 0 unspecified atom stereocenters. The van der Waals surface area contributed by atoms with Crippen LogP contribution in [0.25, 0.3) is 6.08 Å². The number of benzene rings is 2. The van der Waals surface area contributed by atoms with Gasteiger partial charge in [0, 0.05) is 37.0 Å². The molecular formula is C23H25N3O7S. The molecule has 1 N–H and O–H groups in total. The smallest absolute Gasteiger partial charge is 0.331 e. The van der Waals surface area contributed by atoms with E-state index in [1.54, 1.807) is 12.1 Å². The Hall–Kier alpha value is -3.57. The fraction of sp³-hybridized carbons (Fsp3) is 0.304. The largest absolute Gasteiger partial charge is 0.452 e. The summed E-state index contributed by atoms with van der Waals surface area (Å²) in [7, 11) is -3.54. The lowest BCUT2D eigenvalue weighted by Gasteiger charge is -2.19. The van der Waals surface area contributed by atoms with E-state index < -0.39 is 33.4 Å². The molecule has 0 saturated carbocycles. The summed E-state index contributed by atoms with van der Waals surface area (Å²) >= 11 is 0. The first-order valence-corrected chi connectivity index (χ1v) is 12.2. The highest BCUT2D eigenvalue weighted by atomic mass is 32.2. The van der Waals surface area contributed by atoms with Crippen LogP contribution in [0.3, 0.4) is 0 Å². The molecule has 0 spiro atoms. The van der Waals surface area contributed by atoms with Gasteiger partial charge in [-0.05, 0) is 48.7 Å². The van der Waals surface area contributed by atoms with Gasteiger partial charge in [0.2, 0.25) is 10.0 Å². The van der Waals surface area contributed by atoms with Gasteiger partial charge >= 0.3 is 5.97 Å². The minimum absolute atomic E-state index is 0.109. The third-order valence-electron chi connectivity index (χ3n) is 5.20. The van der Waals surface area contributed by atoms with Crippen molar-refractivity contribution >= 4 is 39.4 Å². The van der Waals surface area contributed by atoms with E-state index in [0.717, 1.165) is 31.8 Å². The van der Waals surface area contributed by atoms with E-state index >= 15 is 0 Å². The van der Waals surface area contributed by atoms with Crippen LogP contribution in [0.2, 0.25) is 0 Å². The molecule has 0 aromatic heterocycles. The molecule has 2 aromatic carbocycles. The van der Waals surface area contributed by atoms with E-state index in [1.165, 1.54) is 46.8 Å². The highest BCUT2D eigenvalue weighted by Gasteiger charge is 2.24. The summed E-state index contributed by atoms with van der Waals surface area (Å²) in [6.07, 6.45) is 6.37. The second kappa shape index (κ2) is 11.5. The molecule has 11 heteroatoms. The number of hydrogen-bond donors (Lipinski definition) is 1. The van der Waals surface area contributed by atoms with E-state index in [1.807, 2.05) is 0 Å². The first kappa shape index (κ1) is 25.1. The van der Waals surface area contributed by atoms with Crippen molar-refractivity contribution < 1.29 is 27.7 Å². The molecule has 1 saturated heterocycles. The quantitative estimate of drug-likeness (QED) is 0.261. The fourth-order valence-electron chi connectivity index (χ4n) is 3.39. The maximum Gasteiger partial charge on any atom is 0.331 e.